The van der Waals surface area contributed by atoms with Gasteiger partial charge in [0.15, 0.2) is 5.89 Å². The molecule has 3 heteroatoms. The fraction of sp³-hybridized carbons (Fsp3) is 0.812. The molecule has 1 aromatic rings. The van der Waals surface area contributed by atoms with Crippen molar-refractivity contribution in [2.75, 3.05) is 6.54 Å². The second-order valence-corrected chi connectivity index (χ2v) is 7.31. The van der Waals surface area contributed by atoms with Crippen molar-refractivity contribution in [2.24, 2.45) is 23.7 Å². The Hall–Kier alpha value is -0.830. The largest absolute Gasteiger partial charge is 0.445 e. The van der Waals surface area contributed by atoms with Crippen molar-refractivity contribution in [2.45, 2.75) is 51.0 Å². The van der Waals surface area contributed by atoms with Crippen LogP contribution in [-0.4, -0.2) is 11.5 Å². The second kappa shape index (κ2) is 3.85. The molecule has 0 saturated heterocycles. The van der Waals surface area contributed by atoms with E-state index in [1.165, 1.54) is 43.6 Å². The highest BCUT2D eigenvalue weighted by atomic mass is 16.4. The van der Waals surface area contributed by atoms with E-state index in [2.05, 4.69) is 5.32 Å². The van der Waals surface area contributed by atoms with Crippen LogP contribution in [0.2, 0.25) is 0 Å². The Morgan fingerprint density at radius 1 is 1.00 bits per heavy atom. The van der Waals surface area contributed by atoms with Crippen LogP contribution in [0.25, 0.3) is 0 Å². The Balaban J connectivity index is 1.50. The summed E-state index contributed by atoms with van der Waals surface area (Å²) >= 11 is 0. The molecule has 4 saturated carbocycles. The van der Waals surface area contributed by atoms with Crippen LogP contribution >= 0.6 is 0 Å². The van der Waals surface area contributed by atoms with Gasteiger partial charge in [-0.1, -0.05) is 0 Å². The van der Waals surface area contributed by atoms with Crippen molar-refractivity contribution in [3.8, 4) is 0 Å². The number of rotatable bonds is 1. The minimum atomic E-state index is 0.651. The normalized spacial score (nSPS) is 43.5. The monoisotopic (exact) mass is 258 g/mol. The zero-order chi connectivity index (χ0) is 12.4. The fourth-order valence-electron chi connectivity index (χ4n) is 5.62. The summed E-state index contributed by atoms with van der Waals surface area (Å²) in [6, 6.07) is 0. The number of hydrogen-bond donors (Lipinski definition) is 1. The molecule has 4 bridgehead atoms. The van der Waals surface area contributed by atoms with E-state index in [4.69, 9.17) is 9.40 Å². The molecule has 1 aliphatic heterocycles. The highest BCUT2D eigenvalue weighted by Crippen LogP contribution is 2.59. The summed E-state index contributed by atoms with van der Waals surface area (Å²) in [6.07, 6.45) is 8.33. The lowest BCUT2D eigenvalue weighted by Crippen LogP contribution is -2.43. The summed E-state index contributed by atoms with van der Waals surface area (Å²) in [4.78, 5) is 4.87. The lowest BCUT2D eigenvalue weighted by Gasteiger charge is -2.53. The van der Waals surface area contributed by atoms with E-state index in [1.807, 2.05) is 0 Å². The minimum absolute atomic E-state index is 0.651. The zero-order valence-corrected chi connectivity index (χ0v) is 11.4. The molecule has 0 radical (unpaired) electrons. The van der Waals surface area contributed by atoms with Crippen molar-refractivity contribution in [1.82, 2.24) is 10.3 Å². The van der Waals surface area contributed by atoms with Crippen LogP contribution in [-0.2, 0) is 13.0 Å². The van der Waals surface area contributed by atoms with E-state index in [0.717, 1.165) is 49.1 Å². The second-order valence-electron chi connectivity index (χ2n) is 7.31. The predicted molar refractivity (Wildman–Crippen MR) is 71.7 cm³/mol. The molecule has 1 aromatic heterocycles. The standard InChI is InChI=1S/C16H22N2O/c1-2-17-8-13-14(1)19-16(18-13)15-11-4-9-3-10(6-11)7-12(15)5-9/h9-12,15,17H,1-8H2. The Kier molecular flexibility index (Phi) is 2.21. The first kappa shape index (κ1) is 10.9. The average molecular weight is 258 g/mol. The first-order valence-corrected chi connectivity index (χ1v) is 8.06. The maximum absolute atomic E-state index is 6.18. The summed E-state index contributed by atoms with van der Waals surface area (Å²) in [5, 5.41) is 3.40. The topological polar surface area (TPSA) is 38.1 Å². The van der Waals surface area contributed by atoms with E-state index in [1.54, 1.807) is 0 Å². The van der Waals surface area contributed by atoms with Crippen LogP contribution in [0.1, 0.15) is 55.4 Å². The Morgan fingerprint density at radius 2 is 1.74 bits per heavy atom. The third kappa shape index (κ3) is 1.57. The van der Waals surface area contributed by atoms with Crippen molar-refractivity contribution < 1.29 is 4.42 Å². The maximum Gasteiger partial charge on any atom is 0.198 e. The van der Waals surface area contributed by atoms with E-state index in [9.17, 15) is 0 Å². The maximum atomic E-state index is 6.18. The third-order valence-electron chi connectivity index (χ3n) is 6.13. The van der Waals surface area contributed by atoms with Gasteiger partial charge in [0, 0.05) is 25.4 Å². The molecule has 1 N–H and O–H groups in total. The van der Waals surface area contributed by atoms with Crippen LogP contribution in [0.4, 0.5) is 0 Å². The number of hydrogen-bond acceptors (Lipinski definition) is 3. The number of fused-ring (bicyclic) bond motifs is 1. The van der Waals surface area contributed by atoms with Gasteiger partial charge in [-0.2, -0.15) is 0 Å². The molecule has 6 rings (SSSR count). The average Bonchev–Trinajstić information content (AvgIpc) is 2.80. The number of aromatic nitrogens is 1. The van der Waals surface area contributed by atoms with Gasteiger partial charge >= 0.3 is 0 Å². The van der Waals surface area contributed by atoms with Crippen molar-refractivity contribution in [3.05, 3.63) is 17.3 Å². The van der Waals surface area contributed by atoms with Crippen LogP contribution in [0, 0.1) is 23.7 Å². The molecule has 0 unspecified atom stereocenters. The minimum Gasteiger partial charge on any atom is -0.445 e. The first-order valence-electron chi connectivity index (χ1n) is 8.06. The summed E-state index contributed by atoms with van der Waals surface area (Å²) in [5.41, 5.74) is 1.19. The van der Waals surface area contributed by atoms with Gasteiger partial charge in [-0.3, -0.25) is 0 Å². The molecule has 102 valence electrons. The smallest absolute Gasteiger partial charge is 0.198 e. The van der Waals surface area contributed by atoms with Crippen LogP contribution in [0.5, 0.6) is 0 Å². The van der Waals surface area contributed by atoms with Crippen molar-refractivity contribution in [3.63, 3.8) is 0 Å². The van der Waals surface area contributed by atoms with E-state index in [-0.39, 0.29) is 0 Å². The van der Waals surface area contributed by atoms with E-state index < -0.39 is 0 Å². The van der Waals surface area contributed by atoms with E-state index >= 15 is 0 Å². The molecule has 3 nitrogen and oxygen atoms in total. The number of nitrogens with zero attached hydrogens (tertiary/aromatic N) is 1. The van der Waals surface area contributed by atoms with Crippen molar-refractivity contribution in [1.29, 1.82) is 0 Å². The van der Waals surface area contributed by atoms with Crippen LogP contribution in [0.3, 0.4) is 0 Å². The molecule has 2 heterocycles. The zero-order valence-electron chi connectivity index (χ0n) is 11.4. The molecular formula is C16H22N2O. The summed E-state index contributed by atoms with van der Waals surface area (Å²) < 4.78 is 6.18. The van der Waals surface area contributed by atoms with Gasteiger partial charge in [-0.05, 0) is 55.8 Å². The van der Waals surface area contributed by atoms with Gasteiger partial charge in [0.25, 0.3) is 0 Å². The third-order valence-corrected chi connectivity index (χ3v) is 6.13. The Bertz CT molecular complexity index is 455. The SMILES string of the molecule is C1Cc2oc(C3C4CC5CC(C4)CC3C5)nc2CN1. The van der Waals surface area contributed by atoms with Crippen molar-refractivity contribution >= 4 is 0 Å². The molecule has 5 aliphatic rings. The number of oxazole rings is 1. The van der Waals surface area contributed by atoms with Crippen LogP contribution in [0.15, 0.2) is 4.42 Å². The quantitative estimate of drug-likeness (QED) is 0.841. The molecule has 0 atom stereocenters. The van der Waals surface area contributed by atoms with Gasteiger partial charge in [0.2, 0.25) is 0 Å². The van der Waals surface area contributed by atoms with Gasteiger partial charge in [0.1, 0.15) is 5.76 Å². The molecule has 0 aromatic carbocycles. The molecule has 0 spiro atoms. The first-order chi connectivity index (χ1) is 9.37. The van der Waals surface area contributed by atoms with Gasteiger partial charge in [-0.25, -0.2) is 4.98 Å². The Labute approximate surface area is 114 Å². The summed E-state index contributed by atoms with van der Waals surface area (Å²) in [6.45, 7) is 1.95. The Morgan fingerprint density at radius 3 is 2.42 bits per heavy atom. The lowest BCUT2D eigenvalue weighted by atomic mass is 9.52. The van der Waals surface area contributed by atoms with Gasteiger partial charge in [-0.15, -0.1) is 0 Å². The highest BCUT2D eigenvalue weighted by Gasteiger charge is 2.50. The molecule has 4 aliphatic carbocycles. The van der Waals surface area contributed by atoms with Gasteiger partial charge in [0.05, 0.1) is 5.69 Å². The highest BCUT2D eigenvalue weighted by molar-refractivity contribution is 5.17. The summed E-state index contributed by atoms with van der Waals surface area (Å²) in [5.74, 6) is 6.74. The lowest BCUT2D eigenvalue weighted by molar-refractivity contribution is -0.0117. The summed E-state index contributed by atoms with van der Waals surface area (Å²) in [7, 11) is 0. The number of nitrogens with one attached hydrogen (secondary N) is 1. The molecular weight excluding hydrogens is 236 g/mol. The molecule has 4 fully saturated rings. The molecule has 19 heavy (non-hydrogen) atoms. The molecule has 0 amide bonds. The van der Waals surface area contributed by atoms with E-state index in [0.29, 0.717) is 5.92 Å². The van der Waals surface area contributed by atoms with Crippen LogP contribution < -0.4 is 5.32 Å². The fourth-order valence-corrected chi connectivity index (χ4v) is 5.62. The predicted octanol–water partition coefficient (Wildman–Crippen LogP) is 2.86. The van der Waals surface area contributed by atoms with Gasteiger partial charge < -0.3 is 9.73 Å².